The number of hydrogen-bond donors (Lipinski definition) is 0. The molecule has 2 nitrogen and oxygen atoms in total. The first-order valence-corrected chi connectivity index (χ1v) is 6.66. The second kappa shape index (κ2) is 4.59. The van der Waals surface area contributed by atoms with Crippen LogP contribution in [0.15, 0.2) is 42.5 Å². The summed E-state index contributed by atoms with van der Waals surface area (Å²) in [7, 11) is 1.66. The average molecular weight is 276 g/mol. The van der Waals surface area contributed by atoms with Gasteiger partial charge >= 0.3 is 0 Å². The minimum atomic E-state index is 0.717. The molecule has 0 fully saturated rings. The molecule has 0 spiro atoms. The minimum absolute atomic E-state index is 0.717. The van der Waals surface area contributed by atoms with Crippen LogP contribution in [0.1, 0.15) is 0 Å². The number of hydrogen-bond acceptors (Lipinski definition) is 3. The molecule has 18 heavy (non-hydrogen) atoms. The molecule has 2 aromatic carbocycles. The van der Waals surface area contributed by atoms with Crippen LogP contribution in [-0.2, 0) is 0 Å². The predicted octanol–water partition coefficient (Wildman–Crippen LogP) is 4.63. The molecular weight excluding hydrogens is 266 g/mol. The van der Waals surface area contributed by atoms with Crippen molar-refractivity contribution in [1.29, 1.82) is 0 Å². The highest BCUT2D eigenvalue weighted by molar-refractivity contribution is 7.21. The summed E-state index contributed by atoms with van der Waals surface area (Å²) in [5, 5.41) is 1.71. The second-order valence-electron chi connectivity index (χ2n) is 3.86. The molecule has 0 N–H and O–H groups in total. The smallest absolute Gasteiger partial charge is 0.124 e. The molecular formula is C14H10ClNOS. The monoisotopic (exact) mass is 275 g/mol. The first-order valence-electron chi connectivity index (χ1n) is 5.47. The number of nitrogens with zero attached hydrogens (tertiary/aromatic N) is 1. The van der Waals surface area contributed by atoms with E-state index in [-0.39, 0.29) is 0 Å². The van der Waals surface area contributed by atoms with Crippen molar-refractivity contribution >= 4 is 33.2 Å². The molecule has 3 aromatic rings. The van der Waals surface area contributed by atoms with Gasteiger partial charge in [-0.2, -0.15) is 0 Å². The highest BCUT2D eigenvalue weighted by Gasteiger charge is 2.06. The Kier molecular flexibility index (Phi) is 2.94. The fourth-order valence-corrected chi connectivity index (χ4v) is 2.88. The predicted molar refractivity (Wildman–Crippen MR) is 76.6 cm³/mol. The Morgan fingerprint density at radius 3 is 2.61 bits per heavy atom. The third-order valence-corrected chi connectivity index (χ3v) is 4.01. The van der Waals surface area contributed by atoms with Crippen LogP contribution in [0.4, 0.5) is 0 Å². The summed E-state index contributed by atoms with van der Waals surface area (Å²) in [5.41, 5.74) is 2.03. The van der Waals surface area contributed by atoms with Crippen LogP contribution < -0.4 is 4.74 Å². The van der Waals surface area contributed by atoms with Crippen LogP contribution in [0.25, 0.3) is 20.8 Å². The van der Waals surface area contributed by atoms with Gasteiger partial charge in [-0.1, -0.05) is 11.6 Å². The van der Waals surface area contributed by atoms with Crippen LogP contribution in [0.3, 0.4) is 0 Å². The molecule has 0 bridgehead atoms. The summed E-state index contributed by atoms with van der Waals surface area (Å²) in [6.07, 6.45) is 0. The number of ether oxygens (including phenoxy) is 1. The third-order valence-electron chi connectivity index (χ3n) is 2.69. The lowest BCUT2D eigenvalue weighted by Crippen LogP contribution is -1.82. The van der Waals surface area contributed by atoms with E-state index in [1.807, 2.05) is 42.5 Å². The molecule has 0 amide bonds. The molecule has 0 atom stereocenters. The van der Waals surface area contributed by atoms with E-state index in [1.54, 1.807) is 18.4 Å². The van der Waals surface area contributed by atoms with E-state index < -0.39 is 0 Å². The van der Waals surface area contributed by atoms with Gasteiger partial charge in [-0.25, -0.2) is 4.98 Å². The highest BCUT2D eigenvalue weighted by atomic mass is 35.5. The molecule has 1 heterocycles. The quantitative estimate of drug-likeness (QED) is 0.680. The Morgan fingerprint density at radius 1 is 1.11 bits per heavy atom. The zero-order chi connectivity index (χ0) is 12.5. The molecule has 0 aliphatic carbocycles. The summed E-state index contributed by atoms with van der Waals surface area (Å²) in [6, 6.07) is 13.7. The van der Waals surface area contributed by atoms with Crippen LogP contribution in [0.2, 0.25) is 5.02 Å². The summed E-state index contributed by atoms with van der Waals surface area (Å²) < 4.78 is 6.29. The van der Waals surface area contributed by atoms with Gasteiger partial charge in [0.25, 0.3) is 0 Å². The Balaban J connectivity index is 2.07. The van der Waals surface area contributed by atoms with Crippen molar-refractivity contribution in [2.24, 2.45) is 0 Å². The average Bonchev–Trinajstić information content (AvgIpc) is 2.81. The Hall–Kier alpha value is -1.58. The van der Waals surface area contributed by atoms with Crippen LogP contribution in [0, 0.1) is 0 Å². The lowest BCUT2D eigenvalue weighted by atomic mass is 10.2. The fourth-order valence-electron chi connectivity index (χ4n) is 1.76. The van der Waals surface area contributed by atoms with E-state index in [0.29, 0.717) is 5.02 Å². The van der Waals surface area contributed by atoms with Gasteiger partial charge in [0, 0.05) is 10.6 Å². The van der Waals surface area contributed by atoms with Crippen molar-refractivity contribution in [2.75, 3.05) is 7.11 Å². The SMILES string of the molecule is COc1ccc(-c2nc3cc(Cl)ccc3s2)cc1. The van der Waals surface area contributed by atoms with Crippen molar-refractivity contribution in [1.82, 2.24) is 4.98 Å². The van der Waals surface area contributed by atoms with Crippen molar-refractivity contribution in [3.05, 3.63) is 47.5 Å². The largest absolute Gasteiger partial charge is 0.497 e. The van der Waals surface area contributed by atoms with Crippen LogP contribution in [0.5, 0.6) is 5.75 Å². The molecule has 3 rings (SSSR count). The van der Waals surface area contributed by atoms with E-state index in [2.05, 4.69) is 4.98 Å². The normalized spacial score (nSPS) is 10.8. The zero-order valence-electron chi connectivity index (χ0n) is 9.68. The lowest BCUT2D eigenvalue weighted by molar-refractivity contribution is 0.415. The van der Waals surface area contributed by atoms with Gasteiger partial charge in [0.15, 0.2) is 0 Å². The van der Waals surface area contributed by atoms with E-state index in [9.17, 15) is 0 Å². The Bertz CT molecular complexity index is 691. The van der Waals surface area contributed by atoms with Gasteiger partial charge in [0.05, 0.1) is 17.3 Å². The topological polar surface area (TPSA) is 22.1 Å². The van der Waals surface area contributed by atoms with E-state index in [4.69, 9.17) is 16.3 Å². The Labute approximate surface area is 114 Å². The molecule has 0 aliphatic heterocycles. The van der Waals surface area contributed by atoms with Gasteiger partial charge in [-0.15, -0.1) is 11.3 Å². The number of halogens is 1. The molecule has 0 saturated heterocycles. The maximum Gasteiger partial charge on any atom is 0.124 e. The fraction of sp³-hybridized carbons (Fsp3) is 0.0714. The standard InChI is InChI=1S/C14H10ClNOS/c1-17-11-5-2-9(3-6-11)14-16-12-8-10(15)4-7-13(12)18-14/h2-8H,1H3. The first-order chi connectivity index (χ1) is 8.76. The lowest BCUT2D eigenvalue weighted by Gasteiger charge is -1.99. The molecule has 1 aromatic heterocycles. The molecule has 90 valence electrons. The molecule has 0 radical (unpaired) electrons. The minimum Gasteiger partial charge on any atom is -0.497 e. The summed E-state index contributed by atoms with van der Waals surface area (Å²) in [6.45, 7) is 0. The van der Waals surface area contributed by atoms with Gasteiger partial charge in [-0.05, 0) is 42.5 Å². The maximum absolute atomic E-state index is 5.96. The molecule has 0 saturated carbocycles. The van der Waals surface area contributed by atoms with E-state index in [0.717, 1.165) is 26.5 Å². The van der Waals surface area contributed by atoms with Gasteiger partial charge in [0.1, 0.15) is 10.8 Å². The summed E-state index contributed by atoms with van der Waals surface area (Å²) >= 11 is 7.62. The highest BCUT2D eigenvalue weighted by Crippen LogP contribution is 2.32. The number of benzene rings is 2. The van der Waals surface area contributed by atoms with Gasteiger partial charge in [0.2, 0.25) is 0 Å². The van der Waals surface area contributed by atoms with E-state index >= 15 is 0 Å². The number of methoxy groups -OCH3 is 1. The summed E-state index contributed by atoms with van der Waals surface area (Å²) in [5.74, 6) is 0.850. The third kappa shape index (κ3) is 2.07. The van der Waals surface area contributed by atoms with Crippen molar-refractivity contribution < 1.29 is 4.74 Å². The van der Waals surface area contributed by atoms with Crippen LogP contribution >= 0.6 is 22.9 Å². The number of aromatic nitrogens is 1. The van der Waals surface area contributed by atoms with Gasteiger partial charge < -0.3 is 4.74 Å². The number of fused-ring (bicyclic) bond motifs is 1. The number of rotatable bonds is 2. The van der Waals surface area contributed by atoms with Crippen molar-refractivity contribution in [3.8, 4) is 16.3 Å². The molecule has 4 heteroatoms. The summed E-state index contributed by atoms with van der Waals surface area (Å²) in [4.78, 5) is 4.59. The number of thiazole rings is 1. The maximum atomic E-state index is 5.96. The second-order valence-corrected chi connectivity index (χ2v) is 5.33. The van der Waals surface area contributed by atoms with Crippen molar-refractivity contribution in [3.63, 3.8) is 0 Å². The zero-order valence-corrected chi connectivity index (χ0v) is 11.3. The van der Waals surface area contributed by atoms with E-state index in [1.165, 1.54) is 0 Å². The van der Waals surface area contributed by atoms with Crippen LogP contribution in [-0.4, -0.2) is 12.1 Å². The van der Waals surface area contributed by atoms with Gasteiger partial charge in [-0.3, -0.25) is 0 Å². The van der Waals surface area contributed by atoms with Crippen molar-refractivity contribution in [2.45, 2.75) is 0 Å². The molecule has 0 aliphatic rings. The molecule has 0 unspecified atom stereocenters. The first kappa shape index (κ1) is 11.5. The Morgan fingerprint density at radius 2 is 1.89 bits per heavy atom.